The number of amides is 1. The fourth-order valence-electron chi connectivity index (χ4n) is 3.78. The third-order valence-electron chi connectivity index (χ3n) is 5.27. The predicted molar refractivity (Wildman–Crippen MR) is 111 cm³/mol. The van der Waals surface area contributed by atoms with Gasteiger partial charge in [-0.2, -0.15) is 4.31 Å². The molecule has 0 N–H and O–H groups in total. The number of ether oxygens (including phenoxy) is 1. The molecule has 1 saturated heterocycles. The Morgan fingerprint density at radius 3 is 2.70 bits per heavy atom. The summed E-state index contributed by atoms with van der Waals surface area (Å²) in [6, 6.07) is 5.27. The number of halogens is 1. The molecule has 1 amide bonds. The van der Waals surface area contributed by atoms with Crippen LogP contribution in [0.3, 0.4) is 0 Å². The molecule has 1 aromatic carbocycles. The second-order valence-corrected chi connectivity index (χ2v) is 9.65. The number of carbonyl (C=O) groups is 1. The molecule has 0 spiro atoms. The van der Waals surface area contributed by atoms with E-state index < -0.39 is 10.0 Å². The zero-order valence-corrected chi connectivity index (χ0v) is 18.3. The fourth-order valence-corrected chi connectivity index (χ4v) is 5.73. The Balaban J connectivity index is 1.50. The largest absolute Gasteiger partial charge is 0.488 e. The molecule has 1 fully saturated rings. The number of aromatic nitrogens is 1. The highest BCUT2D eigenvalue weighted by Crippen LogP contribution is 2.30. The van der Waals surface area contributed by atoms with Crippen LogP contribution in [0.2, 0.25) is 5.02 Å². The maximum absolute atomic E-state index is 13.1. The van der Waals surface area contributed by atoms with Gasteiger partial charge < -0.3 is 14.2 Å². The van der Waals surface area contributed by atoms with E-state index in [4.69, 9.17) is 20.9 Å². The summed E-state index contributed by atoms with van der Waals surface area (Å²) in [4.78, 5) is 14.8. The number of carbonyl (C=O) groups excluding carboxylic acids is 1. The van der Waals surface area contributed by atoms with Gasteiger partial charge in [0.15, 0.2) is 5.76 Å². The molecule has 4 rings (SSSR count). The minimum absolute atomic E-state index is 0.110. The zero-order chi connectivity index (χ0) is 21.5. The second-order valence-electron chi connectivity index (χ2n) is 7.34. The van der Waals surface area contributed by atoms with Crippen molar-refractivity contribution in [2.24, 2.45) is 0 Å². The summed E-state index contributed by atoms with van der Waals surface area (Å²) in [7, 11) is -3.74. The van der Waals surface area contributed by atoms with Crippen molar-refractivity contribution in [1.82, 2.24) is 14.4 Å². The lowest BCUT2D eigenvalue weighted by molar-refractivity contribution is -0.127. The third-order valence-corrected chi connectivity index (χ3v) is 7.65. The molecular formula is C20H22ClN3O5S. The molecule has 3 heterocycles. The molecule has 0 saturated carbocycles. The molecule has 2 aromatic rings. The van der Waals surface area contributed by atoms with Crippen LogP contribution in [0.25, 0.3) is 6.08 Å². The molecular weight excluding hydrogens is 430 g/mol. The van der Waals surface area contributed by atoms with Gasteiger partial charge in [0.2, 0.25) is 10.0 Å². The number of rotatable bonds is 3. The molecule has 0 unspecified atom stereocenters. The van der Waals surface area contributed by atoms with Gasteiger partial charge in [-0.1, -0.05) is 16.8 Å². The Bertz CT molecular complexity index is 1110. The van der Waals surface area contributed by atoms with E-state index in [1.165, 1.54) is 4.31 Å². The molecule has 1 aromatic heterocycles. The van der Waals surface area contributed by atoms with Crippen LogP contribution >= 0.6 is 11.6 Å². The summed E-state index contributed by atoms with van der Waals surface area (Å²) in [6.45, 7) is 4.65. The lowest BCUT2D eigenvalue weighted by atomic mass is 10.1. The highest BCUT2D eigenvalue weighted by Gasteiger charge is 2.33. The van der Waals surface area contributed by atoms with E-state index in [9.17, 15) is 13.2 Å². The molecule has 0 aliphatic carbocycles. The molecule has 2 aliphatic heterocycles. The molecule has 8 nitrogen and oxygen atoms in total. The van der Waals surface area contributed by atoms with E-state index in [2.05, 4.69) is 5.16 Å². The van der Waals surface area contributed by atoms with E-state index >= 15 is 0 Å². The van der Waals surface area contributed by atoms with Crippen molar-refractivity contribution < 1.29 is 22.5 Å². The van der Waals surface area contributed by atoms with Gasteiger partial charge in [0.1, 0.15) is 22.9 Å². The first kappa shape index (κ1) is 20.9. The predicted octanol–water partition coefficient (Wildman–Crippen LogP) is 2.64. The Labute approximate surface area is 180 Å². The molecule has 10 heteroatoms. The van der Waals surface area contributed by atoms with Crippen molar-refractivity contribution in [3.05, 3.63) is 45.8 Å². The summed E-state index contributed by atoms with van der Waals surface area (Å²) >= 11 is 6.04. The summed E-state index contributed by atoms with van der Waals surface area (Å²) < 4.78 is 38.2. The standard InChI is InChI=1S/C20H22ClN3O5S/c1-13-19(14(2)29-22-13)30(26,27)24-7-3-6-23(8-9-24)20(25)16-10-15-11-17(21)4-5-18(15)28-12-16/h4-5,10-11H,3,6-9,12H2,1-2H3. The SMILES string of the molecule is Cc1noc(C)c1S(=O)(=O)N1CCCN(C(=O)C2=Cc3cc(Cl)ccc3OC2)CC1. The average molecular weight is 452 g/mol. The summed E-state index contributed by atoms with van der Waals surface area (Å²) in [6.07, 6.45) is 2.32. The monoisotopic (exact) mass is 451 g/mol. The lowest BCUT2D eigenvalue weighted by Crippen LogP contribution is -2.39. The average Bonchev–Trinajstić information content (AvgIpc) is 2.92. The lowest BCUT2D eigenvalue weighted by Gasteiger charge is -2.25. The van der Waals surface area contributed by atoms with Gasteiger partial charge in [0, 0.05) is 36.8 Å². The van der Waals surface area contributed by atoms with Gasteiger partial charge in [0.25, 0.3) is 5.91 Å². The van der Waals surface area contributed by atoms with Crippen LogP contribution in [0.15, 0.2) is 33.2 Å². The van der Waals surface area contributed by atoms with Crippen LogP contribution in [0.1, 0.15) is 23.4 Å². The number of fused-ring (bicyclic) bond motifs is 1. The van der Waals surface area contributed by atoms with Crippen molar-refractivity contribution in [1.29, 1.82) is 0 Å². The van der Waals surface area contributed by atoms with E-state index in [0.29, 0.717) is 48.1 Å². The van der Waals surface area contributed by atoms with E-state index in [1.807, 2.05) is 0 Å². The first-order valence-electron chi connectivity index (χ1n) is 9.62. The van der Waals surface area contributed by atoms with Crippen molar-refractivity contribution in [2.45, 2.75) is 25.2 Å². The van der Waals surface area contributed by atoms with Crippen LogP contribution < -0.4 is 4.74 Å². The highest BCUT2D eigenvalue weighted by molar-refractivity contribution is 7.89. The summed E-state index contributed by atoms with van der Waals surface area (Å²) in [5.41, 5.74) is 1.62. The Morgan fingerprint density at radius 2 is 1.97 bits per heavy atom. The number of sulfonamides is 1. The molecule has 0 radical (unpaired) electrons. The molecule has 0 atom stereocenters. The number of hydrogen-bond donors (Lipinski definition) is 0. The van der Waals surface area contributed by atoms with E-state index in [-0.39, 0.29) is 29.7 Å². The molecule has 2 aliphatic rings. The van der Waals surface area contributed by atoms with Crippen molar-refractivity contribution in [3.8, 4) is 5.75 Å². The number of benzene rings is 1. The van der Waals surface area contributed by atoms with Crippen LogP contribution in [0.5, 0.6) is 5.75 Å². The van der Waals surface area contributed by atoms with Gasteiger partial charge >= 0.3 is 0 Å². The third kappa shape index (κ3) is 3.84. The Morgan fingerprint density at radius 1 is 1.17 bits per heavy atom. The normalized spacial score (nSPS) is 17.7. The minimum Gasteiger partial charge on any atom is -0.488 e. The summed E-state index contributed by atoms with van der Waals surface area (Å²) in [5.74, 6) is 0.798. The maximum atomic E-state index is 13.1. The maximum Gasteiger partial charge on any atom is 0.253 e. The number of aryl methyl sites for hydroxylation is 2. The van der Waals surface area contributed by atoms with Crippen molar-refractivity contribution >= 4 is 33.6 Å². The molecule has 30 heavy (non-hydrogen) atoms. The quantitative estimate of drug-likeness (QED) is 0.712. The van der Waals surface area contributed by atoms with Crippen LogP contribution in [-0.2, 0) is 14.8 Å². The highest BCUT2D eigenvalue weighted by atomic mass is 35.5. The Hall–Kier alpha value is -2.36. The number of hydrogen-bond acceptors (Lipinski definition) is 6. The van der Waals surface area contributed by atoms with E-state index in [0.717, 1.165) is 5.56 Å². The minimum atomic E-state index is -3.74. The fraction of sp³-hybridized carbons (Fsp3) is 0.400. The first-order chi connectivity index (χ1) is 14.3. The summed E-state index contributed by atoms with van der Waals surface area (Å²) in [5, 5.41) is 4.32. The van der Waals surface area contributed by atoms with Crippen LogP contribution in [-0.4, -0.2) is 61.5 Å². The van der Waals surface area contributed by atoms with Crippen LogP contribution in [0.4, 0.5) is 0 Å². The van der Waals surface area contributed by atoms with Gasteiger partial charge in [-0.25, -0.2) is 8.42 Å². The molecule has 160 valence electrons. The first-order valence-corrected chi connectivity index (χ1v) is 11.4. The van der Waals surface area contributed by atoms with Gasteiger partial charge in [-0.15, -0.1) is 0 Å². The van der Waals surface area contributed by atoms with Crippen molar-refractivity contribution in [3.63, 3.8) is 0 Å². The molecule has 0 bridgehead atoms. The number of nitrogens with zero attached hydrogens (tertiary/aromatic N) is 3. The van der Waals surface area contributed by atoms with Gasteiger partial charge in [-0.05, 0) is 44.5 Å². The smallest absolute Gasteiger partial charge is 0.253 e. The van der Waals surface area contributed by atoms with Gasteiger partial charge in [-0.3, -0.25) is 4.79 Å². The Kier molecular flexibility index (Phi) is 5.61. The van der Waals surface area contributed by atoms with Crippen molar-refractivity contribution in [2.75, 3.05) is 32.8 Å². The second kappa shape index (κ2) is 8.05. The topological polar surface area (TPSA) is 93.0 Å². The zero-order valence-electron chi connectivity index (χ0n) is 16.7. The van der Waals surface area contributed by atoms with Crippen LogP contribution in [0, 0.1) is 13.8 Å². The van der Waals surface area contributed by atoms with E-state index in [1.54, 1.807) is 43.0 Å². The van der Waals surface area contributed by atoms with Gasteiger partial charge in [0.05, 0.1) is 5.57 Å².